The molecule has 1 heterocycles. The van der Waals surface area contributed by atoms with Gasteiger partial charge in [-0.2, -0.15) is 5.26 Å². The van der Waals surface area contributed by atoms with E-state index in [0.717, 1.165) is 33.1 Å². The fourth-order valence-corrected chi connectivity index (χ4v) is 3.00. The monoisotopic (exact) mass is 303 g/mol. The van der Waals surface area contributed by atoms with Gasteiger partial charge in [0.1, 0.15) is 11.2 Å². The first kappa shape index (κ1) is 12.9. The summed E-state index contributed by atoms with van der Waals surface area (Å²) in [5, 5.41) is 11.6. The molecule has 0 aliphatic heterocycles. The molecule has 3 aromatic carbocycles. The number of nitrogens with zero attached hydrogens (tertiary/aromatic N) is 1. The molecule has 0 atom stereocenters. The lowest BCUT2D eigenvalue weighted by Crippen LogP contribution is -1.80. The molecule has 0 aliphatic rings. The summed E-state index contributed by atoms with van der Waals surface area (Å²) in [4.78, 5) is 0. The lowest BCUT2D eigenvalue weighted by molar-refractivity contribution is 0.669. The molecule has 0 fully saturated rings. The van der Waals surface area contributed by atoms with Crippen LogP contribution < -0.4 is 0 Å². The third kappa shape index (κ3) is 1.95. The van der Waals surface area contributed by atoms with Gasteiger partial charge in [-0.1, -0.05) is 35.9 Å². The molecular weight excluding hydrogens is 294 g/mol. The lowest BCUT2D eigenvalue weighted by atomic mass is 10.0. The van der Waals surface area contributed by atoms with Crippen molar-refractivity contribution >= 4 is 33.5 Å². The highest BCUT2D eigenvalue weighted by molar-refractivity contribution is 6.37. The van der Waals surface area contributed by atoms with E-state index in [0.29, 0.717) is 10.6 Å². The highest BCUT2D eigenvalue weighted by Gasteiger charge is 2.11. The Balaban J connectivity index is 2.00. The Kier molecular flexibility index (Phi) is 2.89. The van der Waals surface area contributed by atoms with Gasteiger partial charge in [-0.15, -0.1) is 0 Å². The molecule has 0 aliphatic carbocycles. The summed E-state index contributed by atoms with van der Waals surface area (Å²) in [6.45, 7) is 0. The topological polar surface area (TPSA) is 36.9 Å². The molecule has 0 N–H and O–H groups in total. The van der Waals surface area contributed by atoms with Crippen LogP contribution in [0, 0.1) is 11.3 Å². The van der Waals surface area contributed by atoms with Gasteiger partial charge in [0, 0.05) is 10.8 Å². The van der Waals surface area contributed by atoms with Crippen molar-refractivity contribution in [1.29, 1.82) is 5.26 Å². The van der Waals surface area contributed by atoms with Gasteiger partial charge in [0.05, 0.1) is 16.7 Å². The van der Waals surface area contributed by atoms with Crippen molar-refractivity contribution in [2.45, 2.75) is 0 Å². The summed E-state index contributed by atoms with van der Waals surface area (Å²) < 4.78 is 5.83. The van der Waals surface area contributed by atoms with E-state index < -0.39 is 0 Å². The predicted molar refractivity (Wildman–Crippen MR) is 88.9 cm³/mol. The number of fused-ring (bicyclic) bond motifs is 3. The molecule has 1 aromatic heterocycles. The Morgan fingerprint density at radius 2 is 1.68 bits per heavy atom. The van der Waals surface area contributed by atoms with Crippen LogP contribution >= 0.6 is 11.6 Å². The molecule has 0 unspecified atom stereocenters. The molecule has 0 bridgehead atoms. The minimum absolute atomic E-state index is 0.646. The fraction of sp³-hybridized carbons (Fsp3) is 0. The summed E-state index contributed by atoms with van der Waals surface area (Å²) >= 11 is 6.32. The average Bonchev–Trinajstić information content (AvgIpc) is 2.93. The third-order valence-corrected chi connectivity index (χ3v) is 4.08. The molecular formula is C19H10ClNO. The third-order valence-electron chi connectivity index (χ3n) is 3.77. The number of nitriles is 1. The van der Waals surface area contributed by atoms with Crippen molar-refractivity contribution in [2.75, 3.05) is 0 Å². The van der Waals surface area contributed by atoms with Crippen molar-refractivity contribution in [3.8, 4) is 17.2 Å². The van der Waals surface area contributed by atoms with Gasteiger partial charge in [0.25, 0.3) is 0 Å². The number of benzene rings is 3. The van der Waals surface area contributed by atoms with Gasteiger partial charge in [-0.05, 0) is 47.5 Å². The minimum Gasteiger partial charge on any atom is -0.456 e. The van der Waals surface area contributed by atoms with E-state index in [2.05, 4.69) is 12.1 Å². The first-order valence-electron chi connectivity index (χ1n) is 6.87. The first-order valence-corrected chi connectivity index (χ1v) is 7.25. The van der Waals surface area contributed by atoms with Gasteiger partial charge in [-0.25, -0.2) is 0 Å². The zero-order valence-electron chi connectivity index (χ0n) is 11.5. The highest BCUT2D eigenvalue weighted by atomic mass is 35.5. The second-order valence-electron chi connectivity index (χ2n) is 5.12. The Morgan fingerprint density at radius 3 is 2.55 bits per heavy atom. The molecule has 2 nitrogen and oxygen atoms in total. The summed E-state index contributed by atoms with van der Waals surface area (Å²) in [7, 11) is 0. The van der Waals surface area contributed by atoms with Crippen LogP contribution in [0.15, 0.2) is 65.1 Å². The normalized spacial score (nSPS) is 10.9. The molecule has 22 heavy (non-hydrogen) atoms. The van der Waals surface area contributed by atoms with Gasteiger partial charge in [-0.3, -0.25) is 0 Å². The van der Waals surface area contributed by atoms with Gasteiger partial charge < -0.3 is 4.42 Å². The van der Waals surface area contributed by atoms with E-state index in [9.17, 15) is 0 Å². The Bertz CT molecular complexity index is 1060. The van der Waals surface area contributed by atoms with E-state index in [-0.39, 0.29) is 0 Å². The van der Waals surface area contributed by atoms with Crippen molar-refractivity contribution in [3.63, 3.8) is 0 Å². The fourth-order valence-electron chi connectivity index (χ4n) is 2.73. The Hall–Kier alpha value is -2.76. The molecule has 4 rings (SSSR count). The number of hydrogen-bond donors (Lipinski definition) is 0. The molecule has 0 saturated heterocycles. The van der Waals surface area contributed by atoms with Crippen LogP contribution in [0.2, 0.25) is 5.02 Å². The van der Waals surface area contributed by atoms with Crippen LogP contribution in [0.1, 0.15) is 5.56 Å². The van der Waals surface area contributed by atoms with E-state index in [4.69, 9.17) is 21.3 Å². The van der Waals surface area contributed by atoms with Gasteiger partial charge in [0.2, 0.25) is 0 Å². The SMILES string of the molecule is N#Cc1cccc(-c2ccc3oc4cccc(Cl)c4c3c2)c1. The second-order valence-corrected chi connectivity index (χ2v) is 5.53. The summed E-state index contributed by atoms with van der Waals surface area (Å²) in [6, 6.07) is 21.4. The lowest BCUT2D eigenvalue weighted by Gasteiger charge is -2.02. The molecule has 0 saturated carbocycles. The maximum atomic E-state index is 9.04. The second kappa shape index (κ2) is 4.91. The van der Waals surface area contributed by atoms with E-state index in [1.165, 1.54) is 0 Å². The zero-order valence-corrected chi connectivity index (χ0v) is 12.3. The first-order chi connectivity index (χ1) is 10.8. The molecule has 0 amide bonds. The number of furan rings is 1. The summed E-state index contributed by atoms with van der Waals surface area (Å²) in [5.74, 6) is 0. The average molecular weight is 304 g/mol. The summed E-state index contributed by atoms with van der Waals surface area (Å²) in [6.07, 6.45) is 0. The molecule has 0 spiro atoms. The van der Waals surface area contributed by atoms with E-state index >= 15 is 0 Å². The zero-order chi connectivity index (χ0) is 15.1. The highest BCUT2D eigenvalue weighted by Crippen LogP contribution is 2.36. The molecule has 4 aromatic rings. The van der Waals surface area contributed by atoms with Gasteiger partial charge >= 0.3 is 0 Å². The maximum absolute atomic E-state index is 9.04. The number of halogens is 1. The van der Waals surface area contributed by atoms with Crippen molar-refractivity contribution in [2.24, 2.45) is 0 Å². The van der Waals surface area contributed by atoms with Crippen LogP contribution in [0.3, 0.4) is 0 Å². The number of hydrogen-bond acceptors (Lipinski definition) is 2. The molecule has 0 radical (unpaired) electrons. The Morgan fingerprint density at radius 1 is 0.864 bits per heavy atom. The maximum Gasteiger partial charge on any atom is 0.136 e. The minimum atomic E-state index is 0.646. The van der Waals surface area contributed by atoms with Crippen LogP contribution in [-0.4, -0.2) is 0 Å². The van der Waals surface area contributed by atoms with Crippen molar-refractivity contribution in [1.82, 2.24) is 0 Å². The van der Waals surface area contributed by atoms with Crippen molar-refractivity contribution < 1.29 is 4.42 Å². The predicted octanol–water partition coefficient (Wildman–Crippen LogP) is 5.78. The van der Waals surface area contributed by atoms with E-state index in [1.807, 2.05) is 48.5 Å². The largest absolute Gasteiger partial charge is 0.456 e. The number of rotatable bonds is 1. The van der Waals surface area contributed by atoms with Crippen LogP contribution in [0.4, 0.5) is 0 Å². The Labute approximate surface area is 132 Å². The van der Waals surface area contributed by atoms with Crippen LogP contribution in [-0.2, 0) is 0 Å². The van der Waals surface area contributed by atoms with E-state index in [1.54, 1.807) is 6.07 Å². The smallest absolute Gasteiger partial charge is 0.136 e. The molecule has 3 heteroatoms. The standard InChI is InChI=1S/C19H10ClNO/c20-16-5-2-6-18-19(16)15-10-14(7-8-17(15)22-18)13-4-1-3-12(9-13)11-21/h1-10H. The van der Waals surface area contributed by atoms with Gasteiger partial charge in [0.15, 0.2) is 0 Å². The van der Waals surface area contributed by atoms with Crippen LogP contribution in [0.25, 0.3) is 33.1 Å². The molecule has 104 valence electrons. The van der Waals surface area contributed by atoms with Crippen molar-refractivity contribution in [3.05, 3.63) is 71.2 Å². The quantitative estimate of drug-likeness (QED) is 0.447. The summed E-state index contributed by atoms with van der Waals surface area (Å²) in [5.41, 5.74) is 4.27. The van der Waals surface area contributed by atoms with Crippen LogP contribution in [0.5, 0.6) is 0 Å².